The summed E-state index contributed by atoms with van der Waals surface area (Å²) in [4.78, 5) is 69.2. The summed E-state index contributed by atoms with van der Waals surface area (Å²) in [7, 11) is 0. The van der Waals surface area contributed by atoms with E-state index in [-0.39, 0.29) is 60.3 Å². The first-order valence-corrected chi connectivity index (χ1v) is 5.29. The summed E-state index contributed by atoms with van der Waals surface area (Å²) in [5, 5.41) is 20.1. The van der Waals surface area contributed by atoms with E-state index in [1.807, 2.05) is 19.9 Å². The van der Waals surface area contributed by atoms with Gasteiger partial charge in [-0.3, -0.25) is 19.6 Å². The minimum atomic E-state index is -1.59. The van der Waals surface area contributed by atoms with Crippen LogP contribution in [0.15, 0.2) is 31.3 Å². The van der Waals surface area contributed by atoms with E-state index in [0.29, 0.717) is 0 Å². The summed E-state index contributed by atoms with van der Waals surface area (Å²) in [5.74, 6) is -3.18. The van der Waals surface area contributed by atoms with Crippen LogP contribution < -0.4 is 32.7 Å². The number of carboxylic acid groups (broad SMARTS) is 2. The second kappa shape index (κ2) is 24.5. The third-order valence-electron chi connectivity index (χ3n) is 1.96. The van der Waals surface area contributed by atoms with Crippen molar-refractivity contribution >= 4 is 11.9 Å². The Balaban J connectivity index is -0.0000000346. The largest absolute Gasteiger partial charge is 2.00 e. The van der Waals surface area contributed by atoms with E-state index < -0.39 is 45.8 Å². The molecule has 0 saturated carbocycles. The van der Waals surface area contributed by atoms with Crippen LogP contribution in [-0.2, 0) is 49.3 Å². The van der Waals surface area contributed by atoms with Crippen molar-refractivity contribution in [1.29, 1.82) is 0 Å². The SMILES string of the molecule is O.O.O=C([O-])c1cc(=O)[nH]c(=O)[nH]1.O=C([O-])c1cc(=O)[nH]c(=O)[nH]1.[Ni+2].[OH3+].[OH3+].[OH3+].[OH3+].[OH3+].[OH3+]. The Kier molecular flexibility index (Phi) is 44.6. The van der Waals surface area contributed by atoms with Gasteiger partial charge in [0.2, 0.25) is 0 Å². The number of aromatic amines is 4. The zero-order valence-electron chi connectivity index (χ0n) is 15.2. The van der Waals surface area contributed by atoms with Crippen LogP contribution in [0.1, 0.15) is 21.0 Å². The van der Waals surface area contributed by atoms with Gasteiger partial charge in [-0.15, -0.1) is 0 Å². The summed E-state index contributed by atoms with van der Waals surface area (Å²) in [5.41, 5.74) is -4.33. The molecule has 0 aliphatic heterocycles. The number of hydrogen-bond acceptors (Lipinski definition) is 8. The van der Waals surface area contributed by atoms with Gasteiger partial charge < -0.3 is 73.6 Å². The molecule has 0 fully saturated rings. The van der Waals surface area contributed by atoms with Crippen molar-refractivity contribution in [2.75, 3.05) is 0 Å². The van der Waals surface area contributed by atoms with Gasteiger partial charge in [-0.1, -0.05) is 0 Å². The number of aromatic nitrogens is 4. The fraction of sp³-hybridized carbons (Fsp3) is 0. The van der Waals surface area contributed by atoms with E-state index in [1.165, 1.54) is 0 Å². The number of carboxylic acids is 2. The molecule has 2 heterocycles. The number of H-pyrrole nitrogens is 4. The molecule has 0 amide bonds. The van der Waals surface area contributed by atoms with E-state index in [4.69, 9.17) is 0 Å². The van der Waals surface area contributed by atoms with Crippen LogP contribution in [0.3, 0.4) is 0 Å². The standard InChI is InChI=1S/2C5H4N2O4.Ni.8H2O/c2*8-3-1-2(4(9)10)6-5(11)7-3;;;;;;;;;/h2*1H,(H,9,10)(H2,6,7,8,11);;8*1H2/q;;+2;;;;;;;;/p+4. The number of aromatic carboxylic acids is 2. The summed E-state index contributed by atoms with van der Waals surface area (Å²) >= 11 is 0. The molecule has 2 aromatic rings. The van der Waals surface area contributed by atoms with Gasteiger partial charge in [0.1, 0.15) is 0 Å². The number of nitrogens with one attached hydrogen (secondary N) is 4. The van der Waals surface area contributed by atoms with Crippen molar-refractivity contribution in [3.63, 3.8) is 0 Å². The Bertz CT molecular complexity index is 812. The van der Waals surface area contributed by atoms with Crippen LogP contribution in [-0.4, -0.2) is 42.8 Å². The number of rotatable bonds is 2. The maximum Gasteiger partial charge on any atom is 2.00 e. The Morgan fingerprint density at radius 1 is 0.581 bits per heavy atom. The first-order chi connectivity index (χ1) is 10.2. The van der Waals surface area contributed by atoms with Crippen molar-refractivity contribution in [1.82, 2.24) is 19.9 Å². The zero-order chi connectivity index (χ0) is 16.9. The third kappa shape index (κ3) is 19.6. The van der Waals surface area contributed by atoms with Crippen LogP contribution in [0.2, 0.25) is 0 Å². The van der Waals surface area contributed by atoms with Crippen LogP contribution in [0, 0.1) is 0 Å². The molecule has 0 spiro atoms. The second-order valence-corrected chi connectivity index (χ2v) is 3.58. The topological polar surface area (TPSA) is 473 Å². The van der Waals surface area contributed by atoms with Gasteiger partial charge in [0.15, 0.2) is 0 Å². The summed E-state index contributed by atoms with van der Waals surface area (Å²) < 4.78 is 0. The van der Waals surface area contributed by atoms with Crippen molar-refractivity contribution in [2.24, 2.45) is 0 Å². The molecule has 2 aromatic heterocycles. The van der Waals surface area contributed by atoms with E-state index in [1.54, 1.807) is 0 Å². The van der Waals surface area contributed by atoms with Gasteiger partial charge in [0.05, 0.1) is 23.3 Å². The molecule has 0 atom stereocenters. The minimum absolute atomic E-state index is 0. The van der Waals surface area contributed by atoms with E-state index in [9.17, 15) is 39.0 Å². The summed E-state index contributed by atoms with van der Waals surface area (Å²) in [6.07, 6.45) is 0. The quantitative estimate of drug-likeness (QED) is 0.217. The van der Waals surface area contributed by atoms with Crippen LogP contribution in [0.4, 0.5) is 0 Å². The predicted molar refractivity (Wildman–Crippen MR) is 100 cm³/mol. The van der Waals surface area contributed by atoms with Gasteiger partial charge >= 0.3 is 27.9 Å². The molecule has 2 rings (SSSR count). The molecule has 0 aliphatic rings. The van der Waals surface area contributed by atoms with Crippen molar-refractivity contribution in [3.05, 3.63) is 65.2 Å². The van der Waals surface area contributed by atoms with Gasteiger partial charge in [-0.25, -0.2) is 9.59 Å². The molecular weight excluding hydrogens is 491 g/mol. The zero-order valence-corrected chi connectivity index (χ0v) is 16.2. The van der Waals surface area contributed by atoms with Gasteiger partial charge in [-0.05, 0) is 0 Å². The molecule has 0 radical (unpaired) electrons. The molecule has 0 aromatic carbocycles. The molecule has 0 bridgehead atoms. The number of carbonyl (C=O) groups excluding carboxylic acids is 2. The van der Waals surface area contributed by atoms with Crippen LogP contribution in [0.5, 0.6) is 0 Å². The predicted octanol–water partition coefficient (Wildman–Crippen LogP) is -12.3. The number of hydrogen-bond donors (Lipinski definition) is 4. The monoisotopic (exact) mass is 518 g/mol. The maximum atomic E-state index is 10.4. The first kappa shape index (κ1) is 56.4. The minimum Gasteiger partial charge on any atom is -0.543 e. The molecule has 26 N–H and O–H groups in total. The molecule has 0 saturated heterocycles. The Morgan fingerprint density at radius 2 is 0.806 bits per heavy atom. The summed E-state index contributed by atoms with van der Waals surface area (Å²) in [6.45, 7) is 0. The fourth-order valence-electron chi connectivity index (χ4n) is 1.16. The molecule has 21 heteroatoms. The maximum absolute atomic E-state index is 10.4. The molecular formula is C10H28N4NiO16+6. The van der Waals surface area contributed by atoms with Crippen molar-refractivity contribution in [3.8, 4) is 0 Å². The molecule has 188 valence electrons. The van der Waals surface area contributed by atoms with Crippen LogP contribution >= 0.6 is 0 Å². The van der Waals surface area contributed by atoms with E-state index in [0.717, 1.165) is 12.1 Å². The molecule has 0 unspecified atom stereocenters. The smallest absolute Gasteiger partial charge is 0.543 e. The van der Waals surface area contributed by atoms with E-state index in [2.05, 4.69) is 0 Å². The molecule has 31 heavy (non-hydrogen) atoms. The Morgan fingerprint density at radius 3 is 0.968 bits per heavy atom. The summed E-state index contributed by atoms with van der Waals surface area (Å²) in [6, 6.07) is 1.47. The first-order valence-electron chi connectivity index (χ1n) is 5.29. The van der Waals surface area contributed by atoms with Crippen molar-refractivity contribution in [2.45, 2.75) is 0 Å². The Labute approximate surface area is 178 Å². The van der Waals surface area contributed by atoms with Crippen molar-refractivity contribution < 1.29 is 80.1 Å². The number of carbonyl (C=O) groups is 2. The third-order valence-corrected chi connectivity index (χ3v) is 1.96. The molecule has 20 nitrogen and oxygen atoms in total. The average molecular weight is 519 g/mol. The second-order valence-electron chi connectivity index (χ2n) is 3.58. The average Bonchev–Trinajstić information content (AvgIpc) is 2.37. The molecule has 0 aliphatic carbocycles. The van der Waals surface area contributed by atoms with Gasteiger partial charge in [0.25, 0.3) is 11.1 Å². The Hall–Kier alpha value is -3.53. The normalized spacial score (nSPS) is 6.71. The van der Waals surface area contributed by atoms with Gasteiger partial charge in [-0.2, -0.15) is 0 Å². The van der Waals surface area contributed by atoms with Crippen LogP contribution in [0.25, 0.3) is 0 Å². The fourth-order valence-corrected chi connectivity index (χ4v) is 1.16. The van der Waals surface area contributed by atoms with E-state index >= 15 is 0 Å². The van der Waals surface area contributed by atoms with Gasteiger partial charge in [0, 0.05) is 12.1 Å².